The molecular weight excluding hydrogens is 276 g/mol. The van der Waals surface area contributed by atoms with Crippen LogP contribution in [0, 0.1) is 13.8 Å². The van der Waals surface area contributed by atoms with Gasteiger partial charge in [0.15, 0.2) is 0 Å². The van der Waals surface area contributed by atoms with Gasteiger partial charge in [-0.05, 0) is 26.0 Å². The minimum Gasteiger partial charge on any atom is -0.309 e. The molecule has 1 aliphatic rings. The first kappa shape index (κ1) is 13.3. The zero-order chi connectivity index (χ0) is 13.5. The largest absolute Gasteiger partial charge is 0.309 e. The summed E-state index contributed by atoms with van der Waals surface area (Å²) in [6.07, 6.45) is -0.0703. The second-order valence-corrected chi connectivity index (χ2v) is 7.27. The van der Waals surface area contributed by atoms with E-state index in [0.29, 0.717) is 11.4 Å². The molecule has 1 unspecified atom stereocenters. The lowest BCUT2D eigenvalue weighted by atomic mass is 10.2. The van der Waals surface area contributed by atoms with Crippen LogP contribution in [0.1, 0.15) is 17.8 Å². The SMILES string of the molecule is Cc1ccc(N2CC(S(=O)(=O)Cl)CC2=O)c(C)n1. The van der Waals surface area contributed by atoms with Crippen molar-refractivity contribution >= 4 is 31.3 Å². The average Bonchev–Trinajstić information content (AvgIpc) is 2.60. The van der Waals surface area contributed by atoms with Gasteiger partial charge in [0, 0.05) is 29.3 Å². The van der Waals surface area contributed by atoms with E-state index in [1.807, 2.05) is 6.92 Å². The summed E-state index contributed by atoms with van der Waals surface area (Å²) >= 11 is 0. The lowest BCUT2D eigenvalue weighted by Crippen LogP contribution is -2.27. The van der Waals surface area contributed by atoms with E-state index in [0.717, 1.165) is 5.69 Å². The van der Waals surface area contributed by atoms with Crippen molar-refractivity contribution in [1.82, 2.24) is 4.98 Å². The molecule has 0 aromatic carbocycles. The van der Waals surface area contributed by atoms with Gasteiger partial charge in [-0.3, -0.25) is 9.78 Å². The van der Waals surface area contributed by atoms with Crippen molar-refractivity contribution in [2.45, 2.75) is 25.5 Å². The molecule has 1 aromatic heterocycles. The highest BCUT2D eigenvalue weighted by molar-refractivity contribution is 8.14. The van der Waals surface area contributed by atoms with Gasteiger partial charge in [0.2, 0.25) is 15.0 Å². The van der Waals surface area contributed by atoms with Crippen LogP contribution in [-0.4, -0.2) is 31.1 Å². The zero-order valence-corrected chi connectivity index (χ0v) is 11.6. The third-order valence-electron chi connectivity index (χ3n) is 2.98. The van der Waals surface area contributed by atoms with E-state index in [-0.39, 0.29) is 18.9 Å². The monoisotopic (exact) mass is 288 g/mol. The number of halogens is 1. The van der Waals surface area contributed by atoms with Gasteiger partial charge in [-0.15, -0.1) is 0 Å². The molecule has 1 fully saturated rings. The molecule has 0 N–H and O–H groups in total. The topological polar surface area (TPSA) is 67.3 Å². The maximum Gasteiger partial charge on any atom is 0.237 e. The molecule has 0 saturated carbocycles. The van der Waals surface area contributed by atoms with E-state index in [1.54, 1.807) is 19.1 Å². The molecule has 0 bridgehead atoms. The lowest BCUT2D eigenvalue weighted by molar-refractivity contribution is -0.117. The molecule has 1 saturated heterocycles. The van der Waals surface area contributed by atoms with Crippen LogP contribution in [0.3, 0.4) is 0 Å². The molecule has 18 heavy (non-hydrogen) atoms. The van der Waals surface area contributed by atoms with Gasteiger partial charge in [-0.2, -0.15) is 0 Å². The molecule has 0 radical (unpaired) electrons. The number of nitrogens with zero attached hydrogens (tertiary/aromatic N) is 2. The Morgan fingerprint density at radius 1 is 1.39 bits per heavy atom. The van der Waals surface area contributed by atoms with Crippen LogP contribution in [0.4, 0.5) is 5.69 Å². The van der Waals surface area contributed by atoms with Crippen molar-refractivity contribution in [2.75, 3.05) is 11.4 Å². The van der Waals surface area contributed by atoms with Crippen molar-refractivity contribution in [3.8, 4) is 0 Å². The Morgan fingerprint density at radius 3 is 2.56 bits per heavy atom. The van der Waals surface area contributed by atoms with Gasteiger partial charge >= 0.3 is 0 Å². The van der Waals surface area contributed by atoms with E-state index >= 15 is 0 Å². The van der Waals surface area contributed by atoms with E-state index in [2.05, 4.69) is 4.98 Å². The van der Waals surface area contributed by atoms with Crippen LogP contribution in [0.25, 0.3) is 0 Å². The first-order valence-electron chi connectivity index (χ1n) is 5.47. The summed E-state index contributed by atoms with van der Waals surface area (Å²) in [6, 6.07) is 3.57. The molecule has 5 nitrogen and oxygen atoms in total. The molecule has 0 spiro atoms. The molecule has 0 aliphatic carbocycles. The molecule has 7 heteroatoms. The fourth-order valence-electron chi connectivity index (χ4n) is 2.06. The quantitative estimate of drug-likeness (QED) is 0.771. The predicted octanol–water partition coefficient (Wildman–Crippen LogP) is 1.37. The Balaban J connectivity index is 2.33. The standard InChI is InChI=1S/C11H13ClN2O3S/c1-7-3-4-10(8(2)13-7)14-6-9(5-11(14)15)18(12,16)17/h3-4,9H,5-6H2,1-2H3. The molecule has 2 rings (SSSR count). The zero-order valence-electron chi connectivity index (χ0n) is 10.1. The molecule has 2 heterocycles. The molecule has 1 aliphatic heterocycles. The van der Waals surface area contributed by atoms with Gasteiger partial charge in [0.25, 0.3) is 0 Å². The third-order valence-corrected chi connectivity index (χ3v) is 4.84. The highest BCUT2D eigenvalue weighted by Crippen LogP contribution is 2.28. The number of anilines is 1. The number of rotatable bonds is 2. The normalized spacial score (nSPS) is 20.5. The van der Waals surface area contributed by atoms with Crippen molar-refractivity contribution in [1.29, 1.82) is 0 Å². The van der Waals surface area contributed by atoms with Gasteiger partial charge in [0.05, 0.1) is 11.4 Å². The highest BCUT2D eigenvalue weighted by Gasteiger charge is 2.38. The number of pyridine rings is 1. The van der Waals surface area contributed by atoms with Crippen LogP contribution in [0.2, 0.25) is 0 Å². The maximum atomic E-state index is 11.8. The fraction of sp³-hybridized carbons (Fsp3) is 0.455. The second-order valence-electron chi connectivity index (χ2n) is 4.36. The van der Waals surface area contributed by atoms with Gasteiger partial charge < -0.3 is 4.90 Å². The third kappa shape index (κ3) is 2.49. The Morgan fingerprint density at radius 2 is 2.06 bits per heavy atom. The van der Waals surface area contributed by atoms with E-state index < -0.39 is 14.3 Å². The van der Waals surface area contributed by atoms with Gasteiger partial charge in [0.1, 0.15) is 5.25 Å². The van der Waals surface area contributed by atoms with E-state index in [9.17, 15) is 13.2 Å². The Bertz CT molecular complexity index is 600. The Labute approximate surface area is 110 Å². The minimum absolute atomic E-state index is 0.0703. The molecule has 98 valence electrons. The van der Waals surface area contributed by atoms with Gasteiger partial charge in [-0.1, -0.05) is 0 Å². The van der Waals surface area contributed by atoms with E-state index in [1.165, 1.54) is 4.90 Å². The summed E-state index contributed by atoms with van der Waals surface area (Å²) in [7, 11) is 1.59. The minimum atomic E-state index is -3.71. The number of carbonyl (C=O) groups excluding carboxylic acids is 1. The number of aromatic nitrogens is 1. The van der Waals surface area contributed by atoms with Crippen LogP contribution in [0.15, 0.2) is 12.1 Å². The second kappa shape index (κ2) is 4.51. The summed E-state index contributed by atoms with van der Waals surface area (Å²) in [5.41, 5.74) is 2.20. The van der Waals surface area contributed by atoms with Gasteiger partial charge in [-0.25, -0.2) is 8.42 Å². The van der Waals surface area contributed by atoms with Crippen LogP contribution in [-0.2, 0) is 13.8 Å². The first-order valence-corrected chi connectivity index (χ1v) is 7.84. The smallest absolute Gasteiger partial charge is 0.237 e. The van der Waals surface area contributed by atoms with Crippen LogP contribution >= 0.6 is 10.7 Å². The lowest BCUT2D eigenvalue weighted by Gasteiger charge is -2.18. The van der Waals surface area contributed by atoms with E-state index in [4.69, 9.17) is 10.7 Å². The predicted molar refractivity (Wildman–Crippen MR) is 69.2 cm³/mol. The van der Waals surface area contributed by atoms with Crippen molar-refractivity contribution in [3.05, 3.63) is 23.5 Å². The highest BCUT2D eigenvalue weighted by atomic mass is 35.7. The summed E-state index contributed by atoms with van der Waals surface area (Å²) in [6.45, 7) is 3.74. The molecular formula is C11H13ClN2O3S. The molecule has 1 aromatic rings. The van der Waals surface area contributed by atoms with Crippen molar-refractivity contribution in [2.24, 2.45) is 0 Å². The first-order chi connectivity index (χ1) is 8.29. The molecule has 1 atom stereocenters. The summed E-state index contributed by atoms with van der Waals surface area (Å²) < 4.78 is 22.5. The number of amides is 1. The number of carbonyl (C=O) groups is 1. The Hall–Kier alpha value is -1.14. The maximum absolute atomic E-state index is 11.8. The summed E-state index contributed by atoms with van der Waals surface area (Å²) in [5, 5.41) is -0.840. The Kier molecular flexibility index (Phi) is 3.33. The van der Waals surface area contributed by atoms with Crippen LogP contribution < -0.4 is 4.90 Å². The average molecular weight is 289 g/mol. The summed E-state index contributed by atoms with van der Waals surface area (Å²) in [5.74, 6) is -0.238. The molecule has 1 amide bonds. The number of hydrogen-bond acceptors (Lipinski definition) is 4. The van der Waals surface area contributed by atoms with Crippen LogP contribution in [0.5, 0.6) is 0 Å². The number of hydrogen-bond donors (Lipinski definition) is 0. The summed E-state index contributed by atoms with van der Waals surface area (Å²) in [4.78, 5) is 17.5. The van der Waals surface area contributed by atoms with Crippen molar-refractivity contribution in [3.63, 3.8) is 0 Å². The number of aryl methyl sites for hydroxylation is 2. The fourth-order valence-corrected chi connectivity index (χ4v) is 3.09. The van der Waals surface area contributed by atoms with Crippen molar-refractivity contribution < 1.29 is 13.2 Å².